The Kier molecular flexibility index (Phi) is 7.76. The van der Waals surface area contributed by atoms with Gasteiger partial charge in [0.2, 0.25) is 0 Å². The summed E-state index contributed by atoms with van der Waals surface area (Å²) in [6.45, 7) is 10.6. The molecule has 2 atom stereocenters. The van der Waals surface area contributed by atoms with Crippen LogP contribution in [-0.2, 0) is 4.74 Å². The van der Waals surface area contributed by atoms with E-state index in [1.807, 2.05) is 6.07 Å². The van der Waals surface area contributed by atoms with Gasteiger partial charge in [-0.05, 0) is 38.2 Å². The topological polar surface area (TPSA) is 21.3 Å². The Bertz CT molecular complexity index is 323. The first kappa shape index (κ1) is 16.2. The molecule has 0 fully saturated rings. The average Bonchev–Trinajstić information content (AvgIpc) is 2.42. The van der Waals surface area contributed by atoms with Crippen molar-refractivity contribution in [1.29, 1.82) is 0 Å². The number of rotatable bonds is 9. The molecule has 0 radical (unpaired) electrons. The Balaban J connectivity index is 2.10. The second-order valence-corrected chi connectivity index (χ2v) is 5.75. The van der Waals surface area contributed by atoms with Crippen LogP contribution in [0.1, 0.15) is 52.2 Å². The van der Waals surface area contributed by atoms with E-state index in [1.165, 1.54) is 18.4 Å². The molecular formula is C17H29NO. The van der Waals surface area contributed by atoms with Gasteiger partial charge in [0.1, 0.15) is 0 Å². The van der Waals surface area contributed by atoms with Gasteiger partial charge in [-0.2, -0.15) is 0 Å². The second-order valence-electron chi connectivity index (χ2n) is 5.75. The minimum atomic E-state index is 0.175. The predicted molar refractivity (Wildman–Crippen MR) is 82.3 cm³/mol. The van der Waals surface area contributed by atoms with Crippen LogP contribution in [0.15, 0.2) is 30.3 Å². The van der Waals surface area contributed by atoms with E-state index in [4.69, 9.17) is 4.74 Å². The van der Waals surface area contributed by atoms with Gasteiger partial charge in [-0.3, -0.25) is 0 Å². The normalized spacial score (nSPS) is 14.6. The maximum Gasteiger partial charge on any atom is 0.0797 e. The molecule has 0 aliphatic rings. The monoisotopic (exact) mass is 263 g/mol. The van der Waals surface area contributed by atoms with E-state index in [2.05, 4.69) is 57.3 Å². The summed E-state index contributed by atoms with van der Waals surface area (Å²) >= 11 is 0. The fourth-order valence-corrected chi connectivity index (χ4v) is 2.05. The van der Waals surface area contributed by atoms with Crippen LogP contribution in [0.4, 0.5) is 0 Å². The van der Waals surface area contributed by atoms with E-state index in [0.717, 1.165) is 19.1 Å². The number of nitrogens with one attached hydrogen (secondary N) is 1. The molecule has 0 saturated heterocycles. The van der Waals surface area contributed by atoms with E-state index >= 15 is 0 Å². The summed E-state index contributed by atoms with van der Waals surface area (Å²) in [5.41, 5.74) is 1.25. The molecule has 0 aliphatic heterocycles. The quantitative estimate of drug-likeness (QED) is 0.675. The first-order valence-corrected chi connectivity index (χ1v) is 7.49. The number of hydrogen-bond acceptors (Lipinski definition) is 2. The lowest BCUT2D eigenvalue weighted by Gasteiger charge is -2.17. The van der Waals surface area contributed by atoms with E-state index < -0.39 is 0 Å². The maximum absolute atomic E-state index is 5.84. The summed E-state index contributed by atoms with van der Waals surface area (Å²) < 4.78 is 5.84. The summed E-state index contributed by atoms with van der Waals surface area (Å²) in [5, 5.41) is 3.52. The van der Waals surface area contributed by atoms with Crippen molar-refractivity contribution >= 4 is 0 Å². The molecule has 19 heavy (non-hydrogen) atoms. The molecule has 2 unspecified atom stereocenters. The third-order valence-corrected chi connectivity index (χ3v) is 3.41. The number of ether oxygens (including phenoxy) is 1. The highest BCUT2D eigenvalue weighted by atomic mass is 16.5. The van der Waals surface area contributed by atoms with Crippen LogP contribution in [0.25, 0.3) is 0 Å². The summed E-state index contributed by atoms with van der Waals surface area (Å²) in [6, 6.07) is 11.0. The Morgan fingerprint density at radius 3 is 2.32 bits per heavy atom. The molecule has 0 aliphatic carbocycles. The smallest absolute Gasteiger partial charge is 0.0797 e. The van der Waals surface area contributed by atoms with Gasteiger partial charge in [-0.25, -0.2) is 0 Å². The Labute approximate surface area is 118 Å². The summed E-state index contributed by atoms with van der Waals surface area (Å²) in [5.74, 6) is 0.790. The van der Waals surface area contributed by atoms with Crippen molar-refractivity contribution in [2.75, 3.05) is 13.2 Å². The molecular weight excluding hydrogens is 234 g/mol. The summed E-state index contributed by atoms with van der Waals surface area (Å²) in [4.78, 5) is 0. The zero-order valence-corrected chi connectivity index (χ0v) is 12.9. The van der Waals surface area contributed by atoms with Crippen molar-refractivity contribution < 1.29 is 4.74 Å². The van der Waals surface area contributed by atoms with Crippen LogP contribution < -0.4 is 5.32 Å². The first-order chi connectivity index (χ1) is 9.09. The zero-order valence-electron chi connectivity index (χ0n) is 12.9. The summed E-state index contributed by atoms with van der Waals surface area (Å²) in [6.07, 6.45) is 2.70. The van der Waals surface area contributed by atoms with Crippen molar-refractivity contribution in [3.63, 3.8) is 0 Å². The van der Waals surface area contributed by atoms with E-state index in [-0.39, 0.29) is 6.10 Å². The van der Waals surface area contributed by atoms with E-state index in [1.54, 1.807) is 0 Å². The standard InChI is InChI=1S/C17H29NO/c1-14(2)10-11-15(3)18-12-13-19-16(4)17-8-6-5-7-9-17/h5-9,14-16,18H,10-13H2,1-4H3. The lowest BCUT2D eigenvalue weighted by molar-refractivity contribution is 0.0664. The minimum absolute atomic E-state index is 0.175. The van der Waals surface area contributed by atoms with Gasteiger partial charge in [0.15, 0.2) is 0 Å². The Morgan fingerprint density at radius 2 is 1.68 bits per heavy atom. The SMILES string of the molecule is CC(C)CCC(C)NCCOC(C)c1ccccc1. The Hall–Kier alpha value is -0.860. The van der Waals surface area contributed by atoms with Gasteiger partial charge < -0.3 is 10.1 Å². The molecule has 1 aromatic rings. The molecule has 0 heterocycles. The van der Waals surface area contributed by atoms with Gasteiger partial charge in [-0.15, -0.1) is 0 Å². The van der Waals surface area contributed by atoms with Crippen molar-refractivity contribution in [3.05, 3.63) is 35.9 Å². The third kappa shape index (κ3) is 7.34. The lowest BCUT2D eigenvalue weighted by atomic mass is 10.0. The highest BCUT2D eigenvalue weighted by Crippen LogP contribution is 2.15. The fraction of sp³-hybridized carbons (Fsp3) is 0.647. The van der Waals surface area contributed by atoms with Crippen molar-refractivity contribution in [2.45, 2.75) is 52.7 Å². The largest absolute Gasteiger partial charge is 0.373 e. The molecule has 0 amide bonds. The van der Waals surface area contributed by atoms with E-state index in [0.29, 0.717) is 6.04 Å². The maximum atomic E-state index is 5.84. The highest BCUT2D eigenvalue weighted by Gasteiger charge is 2.06. The molecule has 1 rings (SSSR count). The van der Waals surface area contributed by atoms with Crippen LogP contribution in [0, 0.1) is 5.92 Å². The van der Waals surface area contributed by atoms with Gasteiger partial charge in [-0.1, -0.05) is 44.2 Å². The third-order valence-electron chi connectivity index (χ3n) is 3.41. The van der Waals surface area contributed by atoms with E-state index in [9.17, 15) is 0 Å². The van der Waals surface area contributed by atoms with Crippen LogP contribution in [0.3, 0.4) is 0 Å². The molecule has 0 bridgehead atoms. The van der Waals surface area contributed by atoms with Crippen LogP contribution in [0.2, 0.25) is 0 Å². The van der Waals surface area contributed by atoms with Gasteiger partial charge in [0.05, 0.1) is 12.7 Å². The van der Waals surface area contributed by atoms with Crippen molar-refractivity contribution in [1.82, 2.24) is 5.32 Å². The lowest BCUT2D eigenvalue weighted by Crippen LogP contribution is -2.30. The van der Waals surface area contributed by atoms with Crippen molar-refractivity contribution in [2.24, 2.45) is 5.92 Å². The molecule has 1 aromatic carbocycles. The number of hydrogen-bond donors (Lipinski definition) is 1. The molecule has 0 saturated carbocycles. The summed E-state index contributed by atoms with van der Waals surface area (Å²) in [7, 11) is 0. The molecule has 1 N–H and O–H groups in total. The Morgan fingerprint density at radius 1 is 1.00 bits per heavy atom. The fourth-order valence-electron chi connectivity index (χ4n) is 2.05. The molecule has 0 aromatic heterocycles. The van der Waals surface area contributed by atoms with Gasteiger partial charge in [0.25, 0.3) is 0 Å². The molecule has 2 heteroatoms. The van der Waals surface area contributed by atoms with Gasteiger partial charge in [0, 0.05) is 12.6 Å². The predicted octanol–water partition coefficient (Wildman–Crippen LogP) is 4.18. The zero-order chi connectivity index (χ0) is 14.1. The molecule has 0 spiro atoms. The first-order valence-electron chi connectivity index (χ1n) is 7.49. The molecule has 2 nitrogen and oxygen atoms in total. The van der Waals surface area contributed by atoms with Crippen molar-refractivity contribution in [3.8, 4) is 0 Å². The van der Waals surface area contributed by atoms with Crippen LogP contribution in [0.5, 0.6) is 0 Å². The highest BCUT2D eigenvalue weighted by molar-refractivity contribution is 5.16. The second kappa shape index (κ2) is 9.11. The van der Waals surface area contributed by atoms with Gasteiger partial charge >= 0.3 is 0 Å². The van der Waals surface area contributed by atoms with Crippen LogP contribution >= 0.6 is 0 Å². The number of benzene rings is 1. The minimum Gasteiger partial charge on any atom is -0.373 e. The molecule has 108 valence electrons. The van der Waals surface area contributed by atoms with Crippen LogP contribution in [-0.4, -0.2) is 19.2 Å². The average molecular weight is 263 g/mol.